The average Bonchev–Trinajstić information content (AvgIpc) is 2.60. The van der Waals surface area contributed by atoms with Crippen molar-refractivity contribution >= 4 is 5.97 Å². The number of hydrogen-bond acceptors (Lipinski definition) is 5. The van der Waals surface area contributed by atoms with Crippen molar-refractivity contribution in [2.24, 2.45) is 0 Å². The highest BCUT2D eigenvalue weighted by Crippen LogP contribution is 2.27. The normalized spacial score (nSPS) is 13.6. The molecule has 150 valence electrons. The van der Waals surface area contributed by atoms with Gasteiger partial charge in [-0.1, -0.05) is 46.5 Å². The summed E-state index contributed by atoms with van der Waals surface area (Å²) in [6.07, 6.45) is 7.70. The molecular weight excluding hydrogens is 320 g/mol. The molecule has 0 spiro atoms. The van der Waals surface area contributed by atoms with E-state index in [9.17, 15) is 4.79 Å². The van der Waals surface area contributed by atoms with Gasteiger partial charge >= 0.3 is 5.97 Å². The van der Waals surface area contributed by atoms with Crippen LogP contribution in [0.3, 0.4) is 0 Å². The first-order valence-corrected chi connectivity index (χ1v) is 10.1. The van der Waals surface area contributed by atoms with Crippen LogP contribution in [-0.4, -0.2) is 51.2 Å². The van der Waals surface area contributed by atoms with Crippen LogP contribution >= 0.6 is 0 Å². The second-order valence-corrected chi connectivity index (χ2v) is 6.35. The molecule has 0 radical (unpaired) electrons. The largest absolute Gasteiger partial charge is 0.464 e. The quantitative estimate of drug-likeness (QED) is 0.266. The van der Waals surface area contributed by atoms with E-state index in [1.807, 2.05) is 6.92 Å². The van der Waals surface area contributed by atoms with Crippen LogP contribution in [-0.2, 0) is 23.7 Å². The molecule has 1 atom stereocenters. The summed E-state index contributed by atoms with van der Waals surface area (Å²) >= 11 is 0. The molecule has 0 N–H and O–H groups in total. The summed E-state index contributed by atoms with van der Waals surface area (Å²) in [5.74, 6) is -0.226. The summed E-state index contributed by atoms with van der Waals surface area (Å²) in [5, 5.41) is 0. The summed E-state index contributed by atoms with van der Waals surface area (Å²) in [6, 6.07) is 0. The average molecular weight is 361 g/mol. The van der Waals surface area contributed by atoms with Crippen molar-refractivity contribution in [1.29, 1.82) is 0 Å². The fourth-order valence-electron chi connectivity index (χ4n) is 2.72. The van der Waals surface area contributed by atoms with E-state index in [0.717, 1.165) is 45.1 Å². The van der Waals surface area contributed by atoms with Crippen LogP contribution in [0.2, 0.25) is 0 Å². The van der Waals surface area contributed by atoms with Gasteiger partial charge in [-0.25, -0.2) is 4.79 Å². The molecular formula is C20H40O5. The summed E-state index contributed by atoms with van der Waals surface area (Å²) in [7, 11) is 0. The Hall–Kier alpha value is -0.650. The smallest absolute Gasteiger partial charge is 0.338 e. The molecule has 0 aliphatic carbocycles. The number of esters is 1. The second kappa shape index (κ2) is 16.8. The molecule has 0 bridgehead atoms. The van der Waals surface area contributed by atoms with Gasteiger partial charge in [-0.15, -0.1) is 0 Å². The highest BCUT2D eigenvalue weighted by molar-refractivity contribution is 5.79. The first-order chi connectivity index (χ1) is 12.2. The van der Waals surface area contributed by atoms with Gasteiger partial charge in [0, 0.05) is 6.61 Å². The minimum absolute atomic E-state index is 0.226. The molecule has 1 unspecified atom stereocenters. The molecule has 0 saturated heterocycles. The summed E-state index contributed by atoms with van der Waals surface area (Å²) < 4.78 is 22.3. The van der Waals surface area contributed by atoms with E-state index in [1.54, 1.807) is 0 Å². The molecule has 0 rings (SSSR count). The third kappa shape index (κ3) is 11.6. The van der Waals surface area contributed by atoms with E-state index in [1.165, 1.54) is 0 Å². The zero-order valence-corrected chi connectivity index (χ0v) is 16.9. The zero-order valence-electron chi connectivity index (χ0n) is 16.9. The summed E-state index contributed by atoms with van der Waals surface area (Å²) in [4.78, 5) is 12.5. The number of unbranched alkanes of at least 4 members (excludes halogenated alkanes) is 3. The Labute approximate surface area is 154 Å². The molecule has 5 heteroatoms. The second-order valence-electron chi connectivity index (χ2n) is 6.35. The van der Waals surface area contributed by atoms with Gasteiger partial charge in [-0.3, -0.25) is 0 Å². The molecule has 0 aliphatic heterocycles. The Morgan fingerprint density at radius 2 is 1.36 bits per heavy atom. The molecule has 0 aromatic heterocycles. The third-order valence-electron chi connectivity index (χ3n) is 4.11. The fourth-order valence-corrected chi connectivity index (χ4v) is 2.72. The van der Waals surface area contributed by atoms with Crippen LogP contribution in [0.1, 0.15) is 79.1 Å². The fraction of sp³-hybridized carbons (Fsp3) is 0.950. The molecule has 0 aliphatic rings. The number of carbonyl (C=O) groups is 1. The molecule has 25 heavy (non-hydrogen) atoms. The number of carbonyl (C=O) groups excluding carboxylic acids is 1. The lowest BCUT2D eigenvalue weighted by atomic mass is 9.91. The first kappa shape index (κ1) is 24.4. The molecule has 0 saturated carbocycles. The van der Waals surface area contributed by atoms with Crippen molar-refractivity contribution in [2.75, 3.05) is 39.6 Å². The van der Waals surface area contributed by atoms with E-state index in [2.05, 4.69) is 20.8 Å². The standard InChI is InChI=1S/C20H40O5/c1-5-9-11-13-20(12-7-3,19(21)24-8-4)25-18-17-23-16-15-22-14-10-6-2/h5-18H2,1-4H3. The molecule has 0 amide bonds. The highest BCUT2D eigenvalue weighted by Gasteiger charge is 2.39. The van der Waals surface area contributed by atoms with Crippen LogP contribution in [0, 0.1) is 0 Å². The van der Waals surface area contributed by atoms with E-state index in [0.29, 0.717) is 45.9 Å². The monoisotopic (exact) mass is 360 g/mol. The first-order valence-electron chi connectivity index (χ1n) is 10.1. The van der Waals surface area contributed by atoms with Gasteiger partial charge in [0.2, 0.25) is 0 Å². The maximum absolute atomic E-state index is 12.5. The lowest BCUT2D eigenvalue weighted by Crippen LogP contribution is -2.44. The molecule has 0 heterocycles. The Morgan fingerprint density at radius 3 is 1.96 bits per heavy atom. The van der Waals surface area contributed by atoms with Gasteiger partial charge in [0.15, 0.2) is 5.60 Å². The SMILES string of the molecule is CCCCCC(CCC)(OCCOCCOCCCC)C(=O)OCC. The van der Waals surface area contributed by atoms with Gasteiger partial charge in [0.05, 0.1) is 33.0 Å². The predicted octanol–water partition coefficient (Wildman–Crippen LogP) is 4.52. The van der Waals surface area contributed by atoms with Gasteiger partial charge in [0.1, 0.15) is 0 Å². The molecule has 5 nitrogen and oxygen atoms in total. The maximum atomic E-state index is 12.5. The Balaban J connectivity index is 4.29. The van der Waals surface area contributed by atoms with Crippen molar-refractivity contribution in [3.05, 3.63) is 0 Å². The van der Waals surface area contributed by atoms with Crippen LogP contribution < -0.4 is 0 Å². The van der Waals surface area contributed by atoms with Crippen LogP contribution in [0.4, 0.5) is 0 Å². The van der Waals surface area contributed by atoms with Crippen molar-refractivity contribution in [3.8, 4) is 0 Å². The van der Waals surface area contributed by atoms with Gasteiger partial charge < -0.3 is 18.9 Å². The third-order valence-corrected chi connectivity index (χ3v) is 4.11. The van der Waals surface area contributed by atoms with E-state index < -0.39 is 5.60 Å². The molecule has 0 aromatic rings. The summed E-state index contributed by atoms with van der Waals surface area (Å²) in [5.41, 5.74) is -0.819. The maximum Gasteiger partial charge on any atom is 0.338 e. The van der Waals surface area contributed by atoms with E-state index in [-0.39, 0.29) is 5.97 Å². The van der Waals surface area contributed by atoms with Crippen LogP contribution in [0.15, 0.2) is 0 Å². The Bertz CT molecular complexity index is 308. The van der Waals surface area contributed by atoms with E-state index >= 15 is 0 Å². The molecule has 0 aromatic carbocycles. The predicted molar refractivity (Wildman–Crippen MR) is 101 cm³/mol. The van der Waals surface area contributed by atoms with Crippen molar-refractivity contribution < 1.29 is 23.7 Å². The van der Waals surface area contributed by atoms with Crippen molar-refractivity contribution in [1.82, 2.24) is 0 Å². The topological polar surface area (TPSA) is 54.0 Å². The van der Waals surface area contributed by atoms with Crippen molar-refractivity contribution in [2.45, 2.75) is 84.7 Å². The van der Waals surface area contributed by atoms with Gasteiger partial charge in [-0.05, 0) is 32.6 Å². The minimum atomic E-state index is -0.819. The zero-order chi connectivity index (χ0) is 18.8. The van der Waals surface area contributed by atoms with Crippen LogP contribution in [0.5, 0.6) is 0 Å². The number of rotatable bonds is 18. The lowest BCUT2D eigenvalue weighted by molar-refractivity contribution is -0.177. The van der Waals surface area contributed by atoms with Crippen LogP contribution in [0.25, 0.3) is 0 Å². The van der Waals surface area contributed by atoms with E-state index in [4.69, 9.17) is 18.9 Å². The lowest BCUT2D eigenvalue weighted by Gasteiger charge is -2.31. The number of ether oxygens (including phenoxy) is 4. The Morgan fingerprint density at radius 1 is 0.720 bits per heavy atom. The summed E-state index contributed by atoms with van der Waals surface area (Å²) in [6.45, 7) is 11.4. The highest BCUT2D eigenvalue weighted by atomic mass is 16.6. The van der Waals surface area contributed by atoms with Crippen molar-refractivity contribution in [3.63, 3.8) is 0 Å². The van der Waals surface area contributed by atoms with Gasteiger partial charge in [0.25, 0.3) is 0 Å². The minimum Gasteiger partial charge on any atom is -0.464 e. The number of hydrogen-bond donors (Lipinski definition) is 0. The molecule has 0 fully saturated rings. The van der Waals surface area contributed by atoms with Gasteiger partial charge in [-0.2, -0.15) is 0 Å². The Kier molecular flexibility index (Phi) is 16.4.